The first-order valence-electron chi connectivity index (χ1n) is 9.10. The fourth-order valence-electron chi connectivity index (χ4n) is 3.05. The Bertz CT molecular complexity index is 919. The molecule has 0 radical (unpaired) electrons. The summed E-state index contributed by atoms with van der Waals surface area (Å²) in [7, 11) is -4.06. The second-order valence-electron chi connectivity index (χ2n) is 6.64. The molecule has 9 nitrogen and oxygen atoms in total. The summed E-state index contributed by atoms with van der Waals surface area (Å²) in [4.78, 5) is 15.6. The number of hydrogen-bond donors (Lipinski definition) is 1. The number of nitro benzene ring substituents is 1. The van der Waals surface area contributed by atoms with Gasteiger partial charge < -0.3 is 9.84 Å². The molecular formula is C19H22N2O7S. The number of nitro groups is 1. The van der Waals surface area contributed by atoms with Crippen molar-refractivity contribution in [1.82, 2.24) is 4.47 Å². The Kier molecular flexibility index (Phi) is 6.93. The standard InChI is InChI=1S/C19H22N2O7S/c22-13-17-12-18(10-11-27-14-15-4-2-1-3-5-15)28-21(17)29(25,26)19-8-6-16(7-9-19)20(23)24/h1-9,17-18,22H,10-14H2/t17-,18-/m1/s1. The van der Waals surface area contributed by atoms with E-state index in [1.165, 1.54) is 0 Å². The summed E-state index contributed by atoms with van der Waals surface area (Å²) in [6.45, 7) is 0.429. The second-order valence-corrected chi connectivity index (χ2v) is 8.42. The molecule has 0 bridgehead atoms. The zero-order chi connectivity index (χ0) is 20.9. The molecule has 2 atom stereocenters. The molecule has 10 heteroatoms. The number of rotatable bonds is 9. The van der Waals surface area contributed by atoms with Gasteiger partial charge in [-0.2, -0.15) is 0 Å². The molecule has 0 spiro atoms. The van der Waals surface area contributed by atoms with E-state index in [-0.39, 0.29) is 10.6 Å². The molecule has 0 amide bonds. The predicted octanol–water partition coefficient (Wildman–Crippen LogP) is 2.26. The number of non-ortho nitro benzene ring substituents is 1. The number of aliphatic hydroxyl groups excluding tert-OH is 1. The van der Waals surface area contributed by atoms with Crippen molar-refractivity contribution in [3.63, 3.8) is 0 Å². The average Bonchev–Trinajstić information content (AvgIpc) is 3.16. The van der Waals surface area contributed by atoms with Crippen LogP contribution >= 0.6 is 0 Å². The highest BCUT2D eigenvalue weighted by molar-refractivity contribution is 7.89. The summed E-state index contributed by atoms with van der Waals surface area (Å²) < 4.78 is 32.1. The molecule has 0 saturated carbocycles. The number of benzene rings is 2. The van der Waals surface area contributed by atoms with Gasteiger partial charge in [0.25, 0.3) is 15.7 Å². The van der Waals surface area contributed by atoms with E-state index in [1.54, 1.807) is 0 Å². The van der Waals surface area contributed by atoms with E-state index in [9.17, 15) is 23.6 Å². The third kappa shape index (κ3) is 5.17. The van der Waals surface area contributed by atoms with Crippen molar-refractivity contribution in [3.8, 4) is 0 Å². The van der Waals surface area contributed by atoms with Crippen LogP contribution < -0.4 is 0 Å². The first-order valence-corrected chi connectivity index (χ1v) is 10.5. The van der Waals surface area contributed by atoms with E-state index in [2.05, 4.69) is 0 Å². The lowest BCUT2D eigenvalue weighted by atomic mass is 10.1. The number of ether oxygens (including phenoxy) is 1. The molecule has 29 heavy (non-hydrogen) atoms. The van der Waals surface area contributed by atoms with Crippen LogP contribution in [0.15, 0.2) is 59.5 Å². The molecular weight excluding hydrogens is 400 g/mol. The highest BCUT2D eigenvalue weighted by atomic mass is 32.2. The Labute approximate surface area is 168 Å². The SMILES string of the molecule is O=[N+]([O-])c1ccc(S(=O)(=O)N2O[C@H](CCOCc3ccccc3)C[C@@H]2CO)cc1. The van der Waals surface area contributed by atoms with Crippen LogP contribution in [0.1, 0.15) is 18.4 Å². The van der Waals surface area contributed by atoms with Crippen LogP contribution in [0.4, 0.5) is 5.69 Å². The maximum atomic E-state index is 12.8. The summed E-state index contributed by atoms with van der Waals surface area (Å²) in [6.07, 6.45) is 0.378. The van der Waals surface area contributed by atoms with Crippen LogP contribution in [0.25, 0.3) is 0 Å². The van der Waals surface area contributed by atoms with Gasteiger partial charge in [0.05, 0.1) is 35.2 Å². The van der Waals surface area contributed by atoms with Gasteiger partial charge in [0.15, 0.2) is 0 Å². The summed E-state index contributed by atoms with van der Waals surface area (Å²) in [5.41, 5.74) is 0.828. The molecule has 1 N–H and O–H groups in total. The molecule has 1 aliphatic heterocycles. The molecule has 1 aliphatic rings. The van der Waals surface area contributed by atoms with Gasteiger partial charge in [-0.1, -0.05) is 34.8 Å². The minimum atomic E-state index is -4.06. The molecule has 0 unspecified atom stereocenters. The van der Waals surface area contributed by atoms with E-state index in [4.69, 9.17) is 9.57 Å². The van der Waals surface area contributed by atoms with Crippen LogP contribution in [0, 0.1) is 10.1 Å². The predicted molar refractivity (Wildman–Crippen MR) is 103 cm³/mol. The first-order chi connectivity index (χ1) is 13.9. The molecule has 156 valence electrons. The third-order valence-corrected chi connectivity index (χ3v) is 6.30. The Balaban J connectivity index is 1.59. The average molecular weight is 422 g/mol. The lowest BCUT2D eigenvalue weighted by Crippen LogP contribution is -2.36. The van der Waals surface area contributed by atoms with E-state index in [0.29, 0.717) is 26.1 Å². The molecule has 1 heterocycles. The topological polar surface area (TPSA) is 119 Å². The summed E-state index contributed by atoms with van der Waals surface area (Å²) >= 11 is 0. The normalized spacial score (nSPS) is 20.0. The van der Waals surface area contributed by atoms with Gasteiger partial charge in [-0.3, -0.25) is 15.0 Å². The fraction of sp³-hybridized carbons (Fsp3) is 0.368. The van der Waals surface area contributed by atoms with Gasteiger partial charge in [-0.15, -0.1) is 0 Å². The fourth-order valence-corrected chi connectivity index (χ4v) is 4.52. The quantitative estimate of drug-likeness (QED) is 0.374. The van der Waals surface area contributed by atoms with Gasteiger partial charge in [-0.05, 0) is 30.5 Å². The minimum Gasteiger partial charge on any atom is -0.395 e. The number of sulfonamides is 1. The molecule has 0 aliphatic carbocycles. The molecule has 2 aromatic carbocycles. The van der Waals surface area contributed by atoms with Crippen molar-refractivity contribution < 1.29 is 28.0 Å². The molecule has 2 aromatic rings. The van der Waals surface area contributed by atoms with Gasteiger partial charge in [-0.25, -0.2) is 8.42 Å². The van der Waals surface area contributed by atoms with Crippen molar-refractivity contribution in [1.29, 1.82) is 0 Å². The van der Waals surface area contributed by atoms with E-state index < -0.39 is 33.7 Å². The van der Waals surface area contributed by atoms with Gasteiger partial charge in [0.1, 0.15) is 0 Å². The highest BCUT2D eigenvalue weighted by Gasteiger charge is 2.41. The Hall–Kier alpha value is -2.37. The maximum Gasteiger partial charge on any atom is 0.269 e. The van der Waals surface area contributed by atoms with E-state index in [0.717, 1.165) is 34.3 Å². The molecule has 0 aromatic heterocycles. The van der Waals surface area contributed by atoms with Crippen LogP contribution in [0.5, 0.6) is 0 Å². The Morgan fingerprint density at radius 2 is 1.86 bits per heavy atom. The van der Waals surface area contributed by atoms with Crippen molar-refractivity contribution in [2.75, 3.05) is 13.2 Å². The first kappa shape index (κ1) is 21.3. The number of nitrogens with zero attached hydrogens (tertiary/aromatic N) is 2. The second kappa shape index (κ2) is 9.42. The van der Waals surface area contributed by atoms with Crippen molar-refractivity contribution in [2.45, 2.75) is 36.5 Å². The van der Waals surface area contributed by atoms with Crippen LogP contribution in [-0.4, -0.2) is 48.3 Å². The molecule has 1 saturated heterocycles. The van der Waals surface area contributed by atoms with Gasteiger partial charge in [0, 0.05) is 18.7 Å². The van der Waals surface area contributed by atoms with Gasteiger partial charge >= 0.3 is 0 Å². The lowest BCUT2D eigenvalue weighted by molar-refractivity contribution is -0.384. The lowest BCUT2D eigenvalue weighted by Gasteiger charge is -2.20. The third-order valence-electron chi connectivity index (χ3n) is 4.57. The number of aliphatic hydroxyl groups is 1. The summed E-state index contributed by atoms with van der Waals surface area (Å²) in [5, 5.41) is 20.3. The monoisotopic (exact) mass is 422 g/mol. The van der Waals surface area contributed by atoms with E-state index >= 15 is 0 Å². The van der Waals surface area contributed by atoms with Crippen molar-refractivity contribution in [3.05, 3.63) is 70.3 Å². The zero-order valence-electron chi connectivity index (χ0n) is 15.6. The molecule has 1 fully saturated rings. The Morgan fingerprint density at radius 3 is 2.48 bits per heavy atom. The number of hydrogen-bond acceptors (Lipinski definition) is 7. The maximum absolute atomic E-state index is 12.8. The Morgan fingerprint density at radius 1 is 1.17 bits per heavy atom. The minimum absolute atomic E-state index is 0.137. The van der Waals surface area contributed by atoms with Gasteiger partial charge in [0.2, 0.25) is 0 Å². The zero-order valence-corrected chi connectivity index (χ0v) is 16.4. The number of hydroxylamine groups is 1. The van der Waals surface area contributed by atoms with E-state index in [1.807, 2.05) is 30.3 Å². The van der Waals surface area contributed by atoms with Crippen LogP contribution in [-0.2, 0) is 26.2 Å². The molecule has 3 rings (SSSR count). The van der Waals surface area contributed by atoms with Crippen LogP contribution in [0.2, 0.25) is 0 Å². The smallest absolute Gasteiger partial charge is 0.269 e. The van der Waals surface area contributed by atoms with Crippen molar-refractivity contribution in [2.24, 2.45) is 0 Å². The summed E-state index contributed by atoms with van der Waals surface area (Å²) in [6, 6.07) is 13.5. The highest BCUT2D eigenvalue weighted by Crippen LogP contribution is 2.30. The van der Waals surface area contributed by atoms with Crippen LogP contribution in [0.3, 0.4) is 0 Å². The summed E-state index contributed by atoms with van der Waals surface area (Å²) in [5.74, 6) is 0. The largest absolute Gasteiger partial charge is 0.395 e. The van der Waals surface area contributed by atoms with Crippen molar-refractivity contribution >= 4 is 15.7 Å².